The van der Waals surface area contributed by atoms with Crippen LogP contribution in [0.15, 0.2) is 30.3 Å². The van der Waals surface area contributed by atoms with Crippen molar-refractivity contribution < 1.29 is 17.9 Å². The van der Waals surface area contributed by atoms with Gasteiger partial charge in [0.25, 0.3) is 0 Å². The Balaban J connectivity index is 1.98. The third kappa shape index (κ3) is 4.07. The van der Waals surface area contributed by atoms with E-state index in [1.165, 1.54) is 11.0 Å². The molecule has 114 valence electrons. The van der Waals surface area contributed by atoms with Gasteiger partial charge in [-0.3, -0.25) is 4.79 Å². The Morgan fingerprint density at radius 3 is 2.52 bits per heavy atom. The highest BCUT2D eigenvalue weighted by molar-refractivity contribution is 7.91. The van der Waals surface area contributed by atoms with E-state index in [4.69, 9.17) is 4.74 Å². The molecule has 1 aliphatic heterocycles. The second-order valence-corrected chi connectivity index (χ2v) is 7.34. The first kappa shape index (κ1) is 15.6. The van der Waals surface area contributed by atoms with Gasteiger partial charge in [0.15, 0.2) is 9.84 Å². The van der Waals surface area contributed by atoms with Crippen LogP contribution in [0.3, 0.4) is 0 Å². The fraction of sp³-hybridized carbons (Fsp3) is 0.400. The van der Waals surface area contributed by atoms with Gasteiger partial charge >= 0.3 is 0 Å². The number of ether oxygens (including phenoxy) is 1. The third-order valence-corrected chi connectivity index (χ3v) is 5.39. The number of carbonyl (C=O) groups excluding carboxylic acids is 1. The molecule has 1 fully saturated rings. The van der Waals surface area contributed by atoms with Crippen LogP contribution in [0.2, 0.25) is 0 Å². The second kappa shape index (κ2) is 6.30. The summed E-state index contributed by atoms with van der Waals surface area (Å²) in [7, 11) is 0.261. The SMILES string of the molecule is COc1ccc(/C=C/C(=O)N(C)C2CCS(=O)(=O)C2)cc1. The number of benzene rings is 1. The Kier molecular flexibility index (Phi) is 4.67. The van der Waals surface area contributed by atoms with Gasteiger partial charge in [-0.05, 0) is 30.2 Å². The summed E-state index contributed by atoms with van der Waals surface area (Å²) in [6.45, 7) is 0. The quantitative estimate of drug-likeness (QED) is 0.788. The molecule has 0 aromatic heterocycles. The van der Waals surface area contributed by atoms with Crippen LogP contribution in [0.4, 0.5) is 0 Å². The summed E-state index contributed by atoms with van der Waals surface area (Å²) in [6, 6.07) is 7.11. The van der Waals surface area contributed by atoms with Crippen molar-refractivity contribution in [3.63, 3.8) is 0 Å². The largest absolute Gasteiger partial charge is 0.497 e. The van der Waals surface area contributed by atoms with Crippen LogP contribution in [0.1, 0.15) is 12.0 Å². The van der Waals surface area contributed by atoms with Crippen molar-refractivity contribution in [2.45, 2.75) is 12.5 Å². The van der Waals surface area contributed by atoms with E-state index in [2.05, 4.69) is 0 Å². The van der Waals surface area contributed by atoms with Crippen molar-refractivity contribution in [3.8, 4) is 5.75 Å². The second-order valence-electron chi connectivity index (χ2n) is 5.11. The molecule has 0 N–H and O–H groups in total. The number of sulfone groups is 1. The minimum absolute atomic E-state index is 0.0611. The van der Waals surface area contributed by atoms with Gasteiger partial charge in [-0.1, -0.05) is 12.1 Å². The topological polar surface area (TPSA) is 63.7 Å². The maximum absolute atomic E-state index is 12.1. The van der Waals surface area contributed by atoms with Gasteiger partial charge < -0.3 is 9.64 Å². The molecule has 1 saturated heterocycles. The highest BCUT2D eigenvalue weighted by atomic mass is 32.2. The Hall–Kier alpha value is -1.82. The van der Waals surface area contributed by atoms with E-state index in [0.29, 0.717) is 6.42 Å². The van der Waals surface area contributed by atoms with Gasteiger partial charge in [-0.25, -0.2) is 8.42 Å². The van der Waals surface area contributed by atoms with Crippen molar-refractivity contribution in [2.75, 3.05) is 25.7 Å². The lowest BCUT2D eigenvalue weighted by Crippen LogP contribution is -2.36. The number of amides is 1. The molecular formula is C15H19NO4S. The van der Waals surface area contributed by atoms with Gasteiger partial charge in [0.1, 0.15) is 5.75 Å². The number of hydrogen-bond donors (Lipinski definition) is 0. The van der Waals surface area contributed by atoms with Gasteiger partial charge in [0.05, 0.1) is 18.6 Å². The summed E-state index contributed by atoms with van der Waals surface area (Å²) < 4.78 is 27.9. The van der Waals surface area contributed by atoms with E-state index in [-0.39, 0.29) is 23.5 Å². The molecule has 0 bridgehead atoms. The summed E-state index contributed by atoms with van der Waals surface area (Å²) in [5, 5.41) is 0. The monoisotopic (exact) mass is 309 g/mol. The Morgan fingerprint density at radius 2 is 2.00 bits per heavy atom. The highest BCUT2D eigenvalue weighted by Crippen LogP contribution is 2.17. The predicted octanol–water partition coefficient (Wildman–Crippen LogP) is 1.35. The zero-order valence-corrected chi connectivity index (χ0v) is 13.0. The molecule has 0 saturated carbocycles. The molecule has 5 nitrogen and oxygen atoms in total. The van der Waals surface area contributed by atoms with E-state index in [0.717, 1.165) is 11.3 Å². The van der Waals surface area contributed by atoms with Crippen molar-refractivity contribution in [3.05, 3.63) is 35.9 Å². The maximum Gasteiger partial charge on any atom is 0.246 e. The summed E-state index contributed by atoms with van der Waals surface area (Å²) in [5.41, 5.74) is 0.886. The van der Waals surface area contributed by atoms with E-state index >= 15 is 0 Å². The number of nitrogens with zero attached hydrogens (tertiary/aromatic N) is 1. The highest BCUT2D eigenvalue weighted by Gasteiger charge is 2.31. The minimum Gasteiger partial charge on any atom is -0.497 e. The van der Waals surface area contributed by atoms with Crippen molar-refractivity contribution in [1.29, 1.82) is 0 Å². The molecule has 1 aromatic carbocycles. The van der Waals surface area contributed by atoms with Gasteiger partial charge in [-0.15, -0.1) is 0 Å². The first-order valence-corrected chi connectivity index (χ1v) is 8.53. The zero-order valence-electron chi connectivity index (χ0n) is 12.2. The molecule has 1 aliphatic rings. The fourth-order valence-electron chi connectivity index (χ4n) is 2.26. The number of carbonyl (C=O) groups is 1. The average molecular weight is 309 g/mol. The number of rotatable bonds is 4. The van der Waals surface area contributed by atoms with Crippen LogP contribution in [0, 0.1) is 0 Å². The molecule has 1 atom stereocenters. The Labute approximate surface area is 125 Å². The average Bonchev–Trinajstić information content (AvgIpc) is 2.84. The minimum atomic E-state index is -2.98. The summed E-state index contributed by atoms with van der Waals surface area (Å²) in [5.74, 6) is 0.794. The van der Waals surface area contributed by atoms with E-state index in [9.17, 15) is 13.2 Å². The predicted molar refractivity (Wildman–Crippen MR) is 81.9 cm³/mol. The van der Waals surface area contributed by atoms with Crippen molar-refractivity contribution >= 4 is 21.8 Å². The van der Waals surface area contributed by atoms with Crippen LogP contribution < -0.4 is 4.74 Å². The zero-order chi connectivity index (χ0) is 15.5. The third-order valence-electron chi connectivity index (χ3n) is 3.64. The van der Waals surface area contributed by atoms with E-state index in [1.807, 2.05) is 24.3 Å². The maximum atomic E-state index is 12.1. The molecule has 1 aromatic rings. The summed E-state index contributed by atoms with van der Waals surface area (Å²) in [6.07, 6.45) is 3.69. The summed E-state index contributed by atoms with van der Waals surface area (Å²) in [4.78, 5) is 13.6. The van der Waals surface area contributed by atoms with Gasteiger partial charge in [0.2, 0.25) is 5.91 Å². The lowest BCUT2D eigenvalue weighted by atomic mass is 10.2. The number of methoxy groups -OCH3 is 1. The summed E-state index contributed by atoms with van der Waals surface area (Å²) >= 11 is 0. The van der Waals surface area contributed by atoms with Crippen LogP contribution in [-0.4, -0.2) is 50.9 Å². The molecule has 0 radical (unpaired) electrons. The smallest absolute Gasteiger partial charge is 0.246 e. The molecule has 0 spiro atoms. The number of hydrogen-bond acceptors (Lipinski definition) is 4. The van der Waals surface area contributed by atoms with Gasteiger partial charge in [-0.2, -0.15) is 0 Å². The Morgan fingerprint density at radius 1 is 1.33 bits per heavy atom. The van der Waals surface area contributed by atoms with E-state index < -0.39 is 9.84 Å². The lowest BCUT2D eigenvalue weighted by Gasteiger charge is -2.21. The standard InChI is InChI=1S/C15H19NO4S/c1-16(13-9-10-21(18,19)11-13)15(17)8-5-12-3-6-14(20-2)7-4-12/h3-8,13H,9-11H2,1-2H3/b8-5+. The van der Waals surface area contributed by atoms with Crippen LogP contribution >= 0.6 is 0 Å². The number of likely N-dealkylation sites (N-methyl/N-ethyl adjacent to an activating group) is 1. The van der Waals surface area contributed by atoms with E-state index in [1.54, 1.807) is 20.2 Å². The molecular weight excluding hydrogens is 290 g/mol. The van der Waals surface area contributed by atoms with Crippen LogP contribution in [0.5, 0.6) is 5.75 Å². The first-order valence-electron chi connectivity index (χ1n) is 6.70. The Bertz CT molecular complexity index is 634. The van der Waals surface area contributed by atoms with Crippen molar-refractivity contribution in [2.24, 2.45) is 0 Å². The molecule has 2 rings (SSSR count). The van der Waals surface area contributed by atoms with Crippen LogP contribution in [0.25, 0.3) is 6.08 Å². The van der Waals surface area contributed by atoms with Crippen LogP contribution in [-0.2, 0) is 14.6 Å². The molecule has 1 heterocycles. The lowest BCUT2D eigenvalue weighted by molar-refractivity contribution is -0.126. The molecule has 0 aliphatic carbocycles. The molecule has 21 heavy (non-hydrogen) atoms. The first-order chi connectivity index (χ1) is 9.91. The molecule has 1 unspecified atom stereocenters. The fourth-order valence-corrected chi connectivity index (χ4v) is 4.04. The van der Waals surface area contributed by atoms with Gasteiger partial charge in [0, 0.05) is 19.2 Å². The molecule has 1 amide bonds. The normalized spacial score (nSPS) is 20.6. The molecule has 6 heteroatoms. The van der Waals surface area contributed by atoms with Crippen molar-refractivity contribution in [1.82, 2.24) is 4.90 Å².